The Labute approximate surface area is 180 Å². The van der Waals surface area contributed by atoms with Crippen LogP contribution in [0.5, 0.6) is 0 Å². The summed E-state index contributed by atoms with van der Waals surface area (Å²) in [7, 11) is 0. The van der Waals surface area contributed by atoms with Gasteiger partial charge in [0.15, 0.2) is 0 Å². The van der Waals surface area contributed by atoms with E-state index in [4.69, 9.17) is 4.74 Å². The summed E-state index contributed by atoms with van der Waals surface area (Å²) < 4.78 is 5.50. The molecule has 1 aliphatic heterocycles. The lowest BCUT2D eigenvalue weighted by Gasteiger charge is -2.24. The maximum absolute atomic E-state index is 12.7. The molecule has 1 heterocycles. The predicted octanol–water partition coefficient (Wildman–Crippen LogP) is 2.85. The first-order valence-corrected chi connectivity index (χ1v) is 10.5. The van der Waals surface area contributed by atoms with Gasteiger partial charge in [0.2, 0.25) is 5.91 Å². The molecule has 160 valence electrons. The summed E-state index contributed by atoms with van der Waals surface area (Å²) in [6, 6.07) is 15.4. The standard InChI is InChI=1S/C24H24N2O5/c1-14(21(27)26-11-15-10-24(15,13-26)22(28)29)25-23(30)31-12-20-18-8-4-2-6-16(18)17-7-3-5-9-19(17)20/h2-9,14-15,20H,10-13H2,1H3,(H,25,30)(H,28,29)/t14-,15?,24?/m1/s1. The van der Waals surface area contributed by atoms with E-state index in [1.165, 1.54) is 4.90 Å². The summed E-state index contributed by atoms with van der Waals surface area (Å²) in [6.07, 6.45) is -0.0275. The predicted molar refractivity (Wildman–Crippen MR) is 112 cm³/mol. The van der Waals surface area contributed by atoms with Crippen molar-refractivity contribution in [3.8, 4) is 11.1 Å². The molecule has 7 nitrogen and oxygen atoms in total. The number of hydrogen-bond donors (Lipinski definition) is 2. The molecule has 0 spiro atoms. The van der Waals surface area contributed by atoms with Crippen molar-refractivity contribution in [1.82, 2.24) is 10.2 Å². The van der Waals surface area contributed by atoms with Crippen LogP contribution in [-0.4, -0.2) is 53.7 Å². The number of hydrogen-bond acceptors (Lipinski definition) is 4. The average Bonchev–Trinajstić information content (AvgIpc) is 3.20. The number of ether oxygens (including phenoxy) is 1. The summed E-state index contributed by atoms with van der Waals surface area (Å²) in [5.74, 6) is -1.15. The van der Waals surface area contributed by atoms with Gasteiger partial charge >= 0.3 is 12.1 Å². The molecule has 2 aromatic rings. The van der Waals surface area contributed by atoms with Gasteiger partial charge in [0.1, 0.15) is 12.6 Å². The number of fused-ring (bicyclic) bond motifs is 4. The van der Waals surface area contributed by atoms with Gasteiger partial charge in [0.25, 0.3) is 0 Å². The van der Waals surface area contributed by atoms with Gasteiger partial charge in [-0.3, -0.25) is 9.59 Å². The van der Waals surface area contributed by atoms with Crippen LogP contribution in [0.2, 0.25) is 0 Å². The number of carbonyl (C=O) groups excluding carboxylic acids is 2. The van der Waals surface area contributed by atoms with Gasteiger partial charge in [-0.05, 0) is 41.5 Å². The van der Waals surface area contributed by atoms with Crippen LogP contribution in [0.3, 0.4) is 0 Å². The summed E-state index contributed by atoms with van der Waals surface area (Å²) in [4.78, 5) is 38.0. The Morgan fingerprint density at radius 1 is 1.13 bits per heavy atom. The average molecular weight is 420 g/mol. The van der Waals surface area contributed by atoms with E-state index in [9.17, 15) is 19.5 Å². The van der Waals surface area contributed by atoms with E-state index in [0.29, 0.717) is 13.0 Å². The molecular formula is C24H24N2O5. The molecular weight excluding hydrogens is 396 g/mol. The molecule has 1 saturated heterocycles. The topological polar surface area (TPSA) is 95.9 Å². The minimum absolute atomic E-state index is 0.0237. The number of piperidine rings is 1. The monoisotopic (exact) mass is 420 g/mol. The number of amides is 2. The Balaban J connectivity index is 1.19. The first kappa shape index (κ1) is 19.6. The molecule has 0 bridgehead atoms. The smallest absolute Gasteiger partial charge is 0.407 e. The summed E-state index contributed by atoms with van der Waals surface area (Å²) in [5, 5.41) is 12.0. The molecule has 2 unspecified atom stereocenters. The summed E-state index contributed by atoms with van der Waals surface area (Å²) in [6.45, 7) is 2.42. The molecule has 31 heavy (non-hydrogen) atoms. The number of carboxylic acids is 1. The van der Waals surface area contributed by atoms with Gasteiger partial charge in [-0.25, -0.2) is 4.79 Å². The van der Waals surface area contributed by atoms with E-state index >= 15 is 0 Å². The van der Waals surface area contributed by atoms with Gasteiger partial charge in [-0.1, -0.05) is 48.5 Å². The lowest BCUT2D eigenvalue weighted by Crippen LogP contribution is -2.47. The van der Waals surface area contributed by atoms with Crippen LogP contribution in [0.4, 0.5) is 4.79 Å². The van der Waals surface area contributed by atoms with Crippen molar-refractivity contribution in [3.63, 3.8) is 0 Å². The number of rotatable bonds is 5. The molecule has 3 aliphatic rings. The quantitative estimate of drug-likeness (QED) is 0.776. The fraction of sp³-hybridized carbons (Fsp3) is 0.375. The molecule has 2 fully saturated rings. The molecule has 3 atom stereocenters. The third kappa shape index (κ3) is 3.15. The van der Waals surface area contributed by atoms with Crippen LogP contribution >= 0.6 is 0 Å². The second-order valence-corrected chi connectivity index (χ2v) is 8.77. The zero-order valence-corrected chi connectivity index (χ0v) is 17.2. The Kier molecular flexibility index (Phi) is 4.50. The van der Waals surface area contributed by atoms with Gasteiger partial charge in [-0.15, -0.1) is 0 Å². The van der Waals surface area contributed by atoms with E-state index in [1.54, 1.807) is 6.92 Å². The lowest BCUT2D eigenvalue weighted by molar-refractivity contribution is -0.144. The Hall–Kier alpha value is -3.35. The van der Waals surface area contributed by atoms with Crippen LogP contribution in [-0.2, 0) is 14.3 Å². The van der Waals surface area contributed by atoms with E-state index in [1.807, 2.05) is 36.4 Å². The largest absolute Gasteiger partial charge is 0.481 e. The first-order valence-electron chi connectivity index (χ1n) is 10.5. The molecule has 2 amide bonds. The van der Waals surface area contributed by atoms with Crippen LogP contribution in [0.1, 0.15) is 30.4 Å². The van der Waals surface area contributed by atoms with Crippen molar-refractivity contribution in [2.24, 2.45) is 11.3 Å². The second kappa shape index (κ2) is 7.11. The second-order valence-electron chi connectivity index (χ2n) is 8.77. The molecule has 1 saturated carbocycles. The van der Waals surface area contributed by atoms with Gasteiger partial charge in [0.05, 0.1) is 5.41 Å². The Morgan fingerprint density at radius 3 is 2.32 bits per heavy atom. The summed E-state index contributed by atoms with van der Waals surface area (Å²) in [5.41, 5.74) is 3.76. The van der Waals surface area contributed by atoms with E-state index in [0.717, 1.165) is 22.3 Å². The highest BCUT2D eigenvalue weighted by molar-refractivity contribution is 5.88. The minimum Gasteiger partial charge on any atom is -0.481 e. The van der Waals surface area contributed by atoms with Gasteiger partial charge in [-0.2, -0.15) is 0 Å². The third-order valence-electron chi connectivity index (χ3n) is 6.93. The highest BCUT2D eigenvalue weighted by Gasteiger charge is 2.66. The van der Waals surface area contributed by atoms with Crippen molar-refractivity contribution in [1.29, 1.82) is 0 Å². The maximum Gasteiger partial charge on any atom is 0.407 e. The SMILES string of the molecule is C[C@@H](NC(=O)OCC1c2ccccc2-c2ccccc21)C(=O)N1CC2CC2(C(=O)O)C1. The van der Waals surface area contributed by atoms with Crippen molar-refractivity contribution >= 4 is 18.0 Å². The Morgan fingerprint density at radius 2 is 1.74 bits per heavy atom. The molecule has 2 aromatic carbocycles. The normalized spacial score (nSPS) is 24.0. The number of nitrogens with one attached hydrogen (secondary N) is 1. The number of carboxylic acid groups (broad SMARTS) is 1. The molecule has 0 aromatic heterocycles. The molecule has 0 radical (unpaired) electrons. The Bertz CT molecular complexity index is 1040. The van der Waals surface area contributed by atoms with E-state index < -0.39 is 23.5 Å². The number of benzene rings is 2. The fourth-order valence-electron chi connectivity index (χ4n) is 5.13. The highest BCUT2D eigenvalue weighted by atomic mass is 16.5. The van der Waals surface area contributed by atoms with E-state index in [-0.39, 0.29) is 30.9 Å². The fourth-order valence-corrected chi connectivity index (χ4v) is 5.13. The zero-order valence-electron chi connectivity index (χ0n) is 17.2. The molecule has 2 N–H and O–H groups in total. The van der Waals surface area contributed by atoms with Gasteiger partial charge < -0.3 is 20.1 Å². The van der Waals surface area contributed by atoms with Crippen molar-refractivity contribution in [2.75, 3.05) is 19.7 Å². The van der Waals surface area contributed by atoms with Crippen molar-refractivity contribution in [3.05, 3.63) is 59.7 Å². The van der Waals surface area contributed by atoms with Crippen LogP contribution in [0.25, 0.3) is 11.1 Å². The summed E-state index contributed by atoms with van der Waals surface area (Å²) >= 11 is 0. The number of carbonyl (C=O) groups is 3. The number of alkyl carbamates (subject to hydrolysis) is 1. The first-order chi connectivity index (χ1) is 14.9. The minimum atomic E-state index is -0.843. The maximum atomic E-state index is 12.7. The molecule has 2 aliphatic carbocycles. The zero-order chi connectivity index (χ0) is 21.8. The number of nitrogens with zero attached hydrogens (tertiary/aromatic N) is 1. The lowest BCUT2D eigenvalue weighted by atomic mass is 9.98. The van der Waals surface area contributed by atoms with Crippen LogP contribution in [0.15, 0.2) is 48.5 Å². The van der Waals surface area contributed by atoms with Gasteiger partial charge in [0, 0.05) is 19.0 Å². The highest BCUT2D eigenvalue weighted by Crippen LogP contribution is 2.57. The third-order valence-corrected chi connectivity index (χ3v) is 6.93. The molecule has 5 rings (SSSR count). The number of aliphatic carboxylic acids is 1. The molecule has 7 heteroatoms. The van der Waals surface area contributed by atoms with Crippen LogP contribution < -0.4 is 5.32 Å². The number of likely N-dealkylation sites (tertiary alicyclic amines) is 1. The van der Waals surface area contributed by atoms with Crippen molar-refractivity contribution < 1.29 is 24.2 Å². The van der Waals surface area contributed by atoms with Crippen LogP contribution in [0, 0.1) is 11.3 Å². The van der Waals surface area contributed by atoms with E-state index in [2.05, 4.69) is 17.4 Å². The van der Waals surface area contributed by atoms with Crippen molar-refractivity contribution in [2.45, 2.75) is 25.3 Å².